The summed E-state index contributed by atoms with van der Waals surface area (Å²) >= 11 is 12.0. The molecule has 0 aliphatic carbocycles. The average Bonchev–Trinajstić information content (AvgIpc) is 2.76. The standard InChI is InChI=1S/C16H18Cl2N2O2/c1-10-4-6-19(7-5-10)14-9-15(21)20(16(14)22)13-3-2-11(17)8-12(13)18/h2-3,8,10,14H,4-7,9H2,1H3. The molecule has 4 nitrogen and oxygen atoms in total. The molecule has 3 rings (SSSR count). The van der Waals surface area contributed by atoms with E-state index in [0.29, 0.717) is 21.7 Å². The molecule has 6 heteroatoms. The molecule has 1 aromatic carbocycles. The van der Waals surface area contributed by atoms with Crippen LogP contribution < -0.4 is 4.90 Å². The number of halogens is 2. The maximum absolute atomic E-state index is 12.7. The first-order chi connectivity index (χ1) is 10.5. The number of hydrogen-bond donors (Lipinski definition) is 0. The van der Waals surface area contributed by atoms with Gasteiger partial charge in [-0.05, 0) is 50.0 Å². The Morgan fingerprint density at radius 1 is 1.14 bits per heavy atom. The molecule has 2 saturated heterocycles. The topological polar surface area (TPSA) is 40.6 Å². The average molecular weight is 341 g/mol. The maximum Gasteiger partial charge on any atom is 0.251 e. The Bertz CT molecular complexity index is 612. The summed E-state index contributed by atoms with van der Waals surface area (Å²) in [5.74, 6) is 0.312. The van der Waals surface area contributed by atoms with Crippen LogP contribution >= 0.6 is 23.2 Å². The van der Waals surface area contributed by atoms with Crippen LogP contribution in [0.3, 0.4) is 0 Å². The molecule has 2 fully saturated rings. The van der Waals surface area contributed by atoms with Crippen LogP contribution in [0, 0.1) is 5.92 Å². The monoisotopic (exact) mass is 340 g/mol. The van der Waals surface area contributed by atoms with Gasteiger partial charge in [-0.1, -0.05) is 30.1 Å². The van der Waals surface area contributed by atoms with E-state index < -0.39 is 0 Å². The summed E-state index contributed by atoms with van der Waals surface area (Å²) in [5, 5.41) is 0.802. The van der Waals surface area contributed by atoms with E-state index in [2.05, 4.69) is 11.8 Å². The first kappa shape index (κ1) is 15.8. The van der Waals surface area contributed by atoms with Gasteiger partial charge in [-0.15, -0.1) is 0 Å². The highest BCUT2D eigenvalue weighted by atomic mass is 35.5. The van der Waals surface area contributed by atoms with Gasteiger partial charge in [0.25, 0.3) is 5.91 Å². The largest absolute Gasteiger partial charge is 0.292 e. The normalized spacial score (nSPS) is 24.3. The summed E-state index contributed by atoms with van der Waals surface area (Å²) in [6.07, 6.45) is 2.37. The number of likely N-dealkylation sites (tertiary alicyclic amines) is 1. The molecule has 22 heavy (non-hydrogen) atoms. The number of nitrogens with zero attached hydrogens (tertiary/aromatic N) is 2. The zero-order chi connectivity index (χ0) is 15.9. The predicted molar refractivity (Wildman–Crippen MR) is 87.3 cm³/mol. The van der Waals surface area contributed by atoms with Gasteiger partial charge >= 0.3 is 0 Å². The van der Waals surface area contributed by atoms with E-state index in [1.54, 1.807) is 18.2 Å². The first-order valence-corrected chi connectivity index (χ1v) is 8.29. The van der Waals surface area contributed by atoms with Gasteiger partial charge in [0.1, 0.15) is 0 Å². The van der Waals surface area contributed by atoms with Crippen LogP contribution in [0.2, 0.25) is 10.0 Å². The van der Waals surface area contributed by atoms with Crippen molar-refractivity contribution in [3.8, 4) is 0 Å². The van der Waals surface area contributed by atoms with Crippen LogP contribution in [-0.4, -0.2) is 35.8 Å². The molecule has 2 amide bonds. The third-order valence-corrected chi connectivity index (χ3v) is 5.07. The van der Waals surface area contributed by atoms with Gasteiger partial charge in [-0.3, -0.25) is 14.5 Å². The predicted octanol–water partition coefficient (Wildman–Crippen LogP) is 3.36. The number of amides is 2. The highest BCUT2D eigenvalue weighted by Crippen LogP contribution is 2.34. The van der Waals surface area contributed by atoms with Gasteiger partial charge in [0.2, 0.25) is 5.91 Å². The van der Waals surface area contributed by atoms with Gasteiger partial charge in [0, 0.05) is 5.02 Å². The Morgan fingerprint density at radius 2 is 1.82 bits per heavy atom. The van der Waals surface area contributed by atoms with Crippen molar-refractivity contribution in [2.75, 3.05) is 18.0 Å². The van der Waals surface area contributed by atoms with Gasteiger partial charge in [0.05, 0.1) is 23.2 Å². The Labute approximate surface area is 140 Å². The van der Waals surface area contributed by atoms with Crippen molar-refractivity contribution in [3.63, 3.8) is 0 Å². The second kappa shape index (κ2) is 6.19. The SMILES string of the molecule is CC1CCN(C2CC(=O)N(c3ccc(Cl)cc3Cl)C2=O)CC1. The minimum atomic E-state index is -0.355. The van der Waals surface area contributed by atoms with Crippen molar-refractivity contribution in [1.82, 2.24) is 4.90 Å². The molecule has 2 aliphatic heterocycles. The quantitative estimate of drug-likeness (QED) is 0.775. The third kappa shape index (κ3) is 2.87. The van der Waals surface area contributed by atoms with Crippen LogP contribution in [-0.2, 0) is 9.59 Å². The molecule has 1 aromatic rings. The van der Waals surface area contributed by atoms with Crippen LogP contribution in [0.4, 0.5) is 5.69 Å². The van der Waals surface area contributed by atoms with Gasteiger partial charge in [0.15, 0.2) is 0 Å². The van der Waals surface area contributed by atoms with Gasteiger partial charge in [-0.25, -0.2) is 4.90 Å². The lowest BCUT2D eigenvalue weighted by molar-refractivity contribution is -0.123. The third-order valence-electron chi connectivity index (χ3n) is 4.53. The number of anilines is 1. The number of carbonyl (C=O) groups is 2. The highest BCUT2D eigenvalue weighted by molar-refractivity contribution is 6.38. The minimum absolute atomic E-state index is 0.177. The van der Waals surface area contributed by atoms with E-state index in [9.17, 15) is 9.59 Å². The van der Waals surface area contributed by atoms with Crippen LogP contribution in [0.1, 0.15) is 26.2 Å². The van der Waals surface area contributed by atoms with E-state index in [1.165, 1.54) is 4.90 Å². The molecule has 0 spiro atoms. The first-order valence-electron chi connectivity index (χ1n) is 7.53. The zero-order valence-corrected chi connectivity index (χ0v) is 13.9. The van der Waals surface area contributed by atoms with Crippen molar-refractivity contribution < 1.29 is 9.59 Å². The molecule has 2 aliphatic rings. The molecule has 0 saturated carbocycles. The number of benzene rings is 1. The Morgan fingerprint density at radius 3 is 2.45 bits per heavy atom. The fraction of sp³-hybridized carbons (Fsp3) is 0.500. The fourth-order valence-corrected chi connectivity index (χ4v) is 3.65. The number of imide groups is 1. The molecule has 118 valence electrons. The summed E-state index contributed by atoms with van der Waals surface area (Å²) in [6, 6.07) is 4.46. The summed E-state index contributed by atoms with van der Waals surface area (Å²) in [4.78, 5) is 28.4. The summed E-state index contributed by atoms with van der Waals surface area (Å²) < 4.78 is 0. The Balaban J connectivity index is 1.82. The summed E-state index contributed by atoms with van der Waals surface area (Å²) in [6.45, 7) is 3.96. The van der Waals surface area contributed by atoms with Gasteiger partial charge in [-0.2, -0.15) is 0 Å². The van der Waals surface area contributed by atoms with E-state index in [0.717, 1.165) is 25.9 Å². The van der Waals surface area contributed by atoms with Gasteiger partial charge < -0.3 is 0 Å². The maximum atomic E-state index is 12.7. The molecule has 0 radical (unpaired) electrons. The lowest BCUT2D eigenvalue weighted by Gasteiger charge is -2.33. The molecule has 1 unspecified atom stereocenters. The highest BCUT2D eigenvalue weighted by Gasteiger charge is 2.43. The van der Waals surface area contributed by atoms with E-state index in [1.807, 2.05) is 0 Å². The van der Waals surface area contributed by atoms with Crippen molar-refractivity contribution in [3.05, 3.63) is 28.2 Å². The van der Waals surface area contributed by atoms with E-state index in [4.69, 9.17) is 23.2 Å². The van der Waals surface area contributed by atoms with Crippen molar-refractivity contribution in [2.24, 2.45) is 5.92 Å². The fourth-order valence-electron chi connectivity index (χ4n) is 3.16. The Hall–Kier alpha value is -1.10. The van der Waals surface area contributed by atoms with Crippen LogP contribution in [0.25, 0.3) is 0 Å². The molecule has 0 bridgehead atoms. The van der Waals surface area contributed by atoms with Crippen LogP contribution in [0.5, 0.6) is 0 Å². The lowest BCUT2D eigenvalue weighted by Crippen LogP contribution is -2.45. The summed E-state index contributed by atoms with van der Waals surface area (Å²) in [7, 11) is 0. The molecule has 1 atom stereocenters. The molecule has 0 aromatic heterocycles. The van der Waals surface area contributed by atoms with Crippen molar-refractivity contribution in [2.45, 2.75) is 32.2 Å². The molecule has 2 heterocycles. The molecule has 0 N–H and O–H groups in total. The van der Waals surface area contributed by atoms with E-state index >= 15 is 0 Å². The second-order valence-corrected chi connectivity index (χ2v) is 6.95. The number of carbonyl (C=O) groups excluding carboxylic acids is 2. The number of piperidine rings is 1. The van der Waals surface area contributed by atoms with E-state index in [-0.39, 0.29) is 24.3 Å². The minimum Gasteiger partial charge on any atom is -0.292 e. The Kier molecular flexibility index (Phi) is 4.44. The zero-order valence-electron chi connectivity index (χ0n) is 12.4. The van der Waals surface area contributed by atoms with Crippen molar-refractivity contribution in [1.29, 1.82) is 0 Å². The smallest absolute Gasteiger partial charge is 0.251 e. The lowest BCUT2D eigenvalue weighted by atomic mass is 9.97. The molecular formula is C16H18Cl2N2O2. The molecular weight excluding hydrogens is 323 g/mol. The second-order valence-electron chi connectivity index (χ2n) is 6.10. The number of rotatable bonds is 2. The number of hydrogen-bond acceptors (Lipinski definition) is 3. The summed E-state index contributed by atoms with van der Waals surface area (Å²) in [5.41, 5.74) is 0.425. The van der Waals surface area contributed by atoms with Crippen LogP contribution in [0.15, 0.2) is 18.2 Å². The van der Waals surface area contributed by atoms with Crippen molar-refractivity contribution >= 4 is 40.7 Å².